The zero-order valence-corrected chi connectivity index (χ0v) is 14.3. The van der Waals surface area contributed by atoms with E-state index in [4.69, 9.17) is 4.74 Å². The van der Waals surface area contributed by atoms with Crippen LogP contribution in [0.2, 0.25) is 0 Å². The second-order valence-corrected chi connectivity index (χ2v) is 6.16. The Bertz CT molecular complexity index is 764. The molecule has 5 heteroatoms. The largest absolute Gasteiger partial charge is 0.486 e. The highest BCUT2D eigenvalue weighted by Crippen LogP contribution is 2.31. The first-order valence-electron chi connectivity index (χ1n) is 8.21. The molecular weight excluding hydrogens is 304 g/mol. The number of ketones is 1. The minimum Gasteiger partial charge on any atom is -0.486 e. The molecule has 126 valence electrons. The summed E-state index contributed by atoms with van der Waals surface area (Å²) in [5.74, 6) is 0.331. The fourth-order valence-electron chi connectivity index (χ4n) is 3.14. The number of nitrogens with zero attached hydrogens (tertiary/aromatic N) is 2. The number of carbonyl (C=O) groups is 2. The quantitative estimate of drug-likeness (QED) is 0.793. The van der Waals surface area contributed by atoms with Gasteiger partial charge in [0.2, 0.25) is 0 Å². The summed E-state index contributed by atoms with van der Waals surface area (Å²) in [6.45, 7) is 4.55. The predicted octanol–water partition coefficient (Wildman–Crippen LogP) is 3.13. The van der Waals surface area contributed by atoms with Crippen molar-refractivity contribution in [3.8, 4) is 5.75 Å². The summed E-state index contributed by atoms with van der Waals surface area (Å²) in [7, 11) is 1.81. The molecule has 2 aromatic rings. The molecule has 0 radical (unpaired) electrons. The molecule has 0 N–H and O–H groups in total. The van der Waals surface area contributed by atoms with Crippen molar-refractivity contribution in [1.82, 2.24) is 9.47 Å². The van der Waals surface area contributed by atoms with Gasteiger partial charge in [-0.15, -0.1) is 0 Å². The molecule has 0 fully saturated rings. The lowest BCUT2D eigenvalue weighted by Gasteiger charge is -2.34. The van der Waals surface area contributed by atoms with Gasteiger partial charge in [0.15, 0.2) is 17.2 Å². The SMILES string of the molecule is CCC1Cn2c(C(C)=O)cc(OCc3ccccc3)c2C(=O)N1C. The van der Waals surface area contributed by atoms with Crippen LogP contribution in [-0.4, -0.2) is 34.2 Å². The Morgan fingerprint density at radius 1 is 1.29 bits per heavy atom. The maximum absolute atomic E-state index is 12.8. The summed E-state index contributed by atoms with van der Waals surface area (Å²) in [4.78, 5) is 26.5. The molecule has 1 aliphatic heterocycles. The first-order chi connectivity index (χ1) is 11.5. The van der Waals surface area contributed by atoms with E-state index in [2.05, 4.69) is 0 Å². The normalized spacial score (nSPS) is 16.9. The van der Waals surface area contributed by atoms with Gasteiger partial charge in [-0.2, -0.15) is 0 Å². The maximum Gasteiger partial charge on any atom is 0.274 e. The molecule has 1 amide bonds. The average Bonchev–Trinajstić information content (AvgIpc) is 2.96. The lowest BCUT2D eigenvalue weighted by Crippen LogP contribution is -2.45. The first-order valence-corrected chi connectivity index (χ1v) is 8.21. The average molecular weight is 326 g/mol. The van der Waals surface area contributed by atoms with E-state index < -0.39 is 0 Å². The molecule has 0 saturated carbocycles. The topological polar surface area (TPSA) is 51.5 Å². The van der Waals surface area contributed by atoms with Crippen molar-refractivity contribution in [2.45, 2.75) is 39.5 Å². The number of benzene rings is 1. The van der Waals surface area contributed by atoms with Crippen LogP contribution in [0, 0.1) is 0 Å². The molecule has 1 aromatic heterocycles. The fraction of sp³-hybridized carbons (Fsp3) is 0.368. The van der Waals surface area contributed by atoms with Crippen molar-refractivity contribution in [3.05, 3.63) is 53.3 Å². The van der Waals surface area contributed by atoms with Gasteiger partial charge in [-0.3, -0.25) is 9.59 Å². The van der Waals surface area contributed by atoms with E-state index in [-0.39, 0.29) is 17.7 Å². The number of Topliss-reactive ketones (excluding diaryl/α,β-unsaturated/α-hetero) is 1. The van der Waals surface area contributed by atoms with Crippen LogP contribution in [0.1, 0.15) is 46.8 Å². The third kappa shape index (κ3) is 2.82. The van der Waals surface area contributed by atoms with E-state index in [1.165, 1.54) is 6.92 Å². The molecule has 2 heterocycles. The van der Waals surface area contributed by atoms with Gasteiger partial charge < -0.3 is 14.2 Å². The van der Waals surface area contributed by atoms with Crippen molar-refractivity contribution >= 4 is 11.7 Å². The van der Waals surface area contributed by atoms with Crippen molar-refractivity contribution in [2.24, 2.45) is 0 Å². The number of ether oxygens (including phenoxy) is 1. The number of hydrogen-bond acceptors (Lipinski definition) is 3. The molecule has 1 aromatic carbocycles. The minimum absolute atomic E-state index is 0.0574. The molecule has 0 aliphatic carbocycles. The molecular formula is C19H22N2O3. The number of hydrogen-bond donors (Lipinski definition) is 0. The van der Waals surface area contributed by atoms with Gasteiger partial charge in [-0.25, -0.2) is 0 Å². The Balaban J connectivity index is 1.96. The van der Waals surface area contributed by atoms with E-state index in [1.54, 1.807) is 18.0 Å². The Kier molecular flexibility index (Phi) is 4.42. The summed E-state index contributed by atoms with van der Waals surface area (Å²) in [6, 6.07) is 11.6. The van der Waals surface area contributed by atoms with Crippen LogP contribution in [-0.2, 0) is 13.2 Å². The van der Waals surface area contributed by atoms with Crippen molar-refractivity contribution in [3.63, 3.8) is 0 Å². The Hall–Kier alpha value is -2.56. The molecule has 1 aliphatic rings. The van der Waals surface area contributed by atoms with Gasteiger partial charge in [0.1, 0.15) is 6.61 Å². The summed E-state index contributed by atoms with van der Waals surface area (Å²) in [6.07, 6.45) is 0.845. The Morgan fingerprint density at radius 2 is 2.00 bits per heavy atom. The third-order valence-electron chi connectivity index (χ3n) is 4.60. The van der Waals surface area contributed by atoms with Gasteiger partial charge in [-0.05, 0) is 12.0 Å². The van der Waals surface area contributed by atoms with Gasteiger partial charge in [0.25, 0.3) is 5.91 Å². The molecule has 5 nitrogen and oxygen atoms in total. The number of rotatable bonds is 5. The van der Waals surface area contributed by atoms with Crippen molar-refractivity contribution in [2.75, 3.05) is 7.05 Å². The fourth-order valence-corrected chi connectivity index (χ4v) is 3.14. The van der Waals surface area contributed by atoms with Crippen LogP contribution in [0.5, 0.6) is 5.75 Å². The predicted molar refractivity (Wildman–Crippen MR) is 91.4 cm³/mol. The summed E-state index contributed by atoms with van der Waals surface area (Å²) in [5, 5.41) is 0. The smallest absolute Gasteiger partial charge is 0.274 e. The van der Waals surface area contributed by atoms with E-state index in [9.17, 15) is 9.59 Å². The van der Waals surface area contributed by atoms with Gasteiger partial charge >= 0.3 is 0 Å². The van der Waals surface area contributed by atoms with Crippen LogP contribution in [0.3, 0.4) is 0 Å². The monoisotopic (exact) mass is 326 g/mol. The van der Waals surface area contributed by atoms with E-state index >= 15 is 0 Å². The molecule has 0 saturated heterocycles. The van der Waals surface area contributed by atoms with Gasteiger partial charge in [0, 0.05) is 32.6 Å². The first kappa shape index (κ1) is 16.3. The van der Waals surface area contributed by atoms with Crippen LogP contribution < -0.4 is 4.74 Å². The number of amides is 1. The lowest BCUT2D eigenvalue weighted by molar-refractivity contribution is 0.0643. The number of likely N-dealkylation sites (N-methyl/N-ethyl adjacent to an activating group) is 1. The maximum atomic E-state index is 12.8. The summed E-state index contributed by atoms with van der Waals surface area (Å²) >= 11 is 0. The van der Waals surface area contributed by atoms with E-state index in [0.29, 0.717) is 30.3 Å². The lowest BCUT2D eigenvalue weighted by atomic mass is 10.1. The molecule has 1 unspecified atom stereocenters. The zero-order chi connectivity index (χ0) is 17.3. The Labute approximate surface area is 141 Å². The summed E-state index contributed by atoms with van der Waals surface area (Å²) < 4.78 is 7.71. The second kappa shape index (κ2) is 6.51. The minimum atomic E-state index is -0.0938. The standard InChI is InChI=1S/C19H22N2O3/c1-4-15-11-21-16(13(2)22)10-17(18(21)19(23)20(15)3)24-12-14-8-6-5-7-9-14/h5-10,15H,4,11-12H2,1-3H3. The highest BCUT2D eigenvalue weighted by atomic mass is 16.5. The molecule has 0 bridgehead atoms. The van der Waals surface area contributed by atoms with E-state index in [0.717, 1.165) is 12.0 Å². The third-order valence-corrected chi connectivity index (χ3v) is 4.60. The van der Waals surface area contributed by atoms with Crippen molar-refractivity contribution < 1.29 is 14.3 Å². The van der Waals surface area contributed by atoms with Gasteiger partial charge in [-0.1, -0.05) is 37.3 Å². The number of carbonyl (C=O) groups excluding carboxylic acids is 2. The highest BCUT2D eigenvalue weighted by molar-refractivity contribution is 6.01. The molecule has 3 rings (SSSR count). The van der Waals surface area contributed by atoms with Crippen molar-refractivity contribution in [1.29, 1.82) is 0 Å². The van der Waals surface area contributed by atoms with Crippen LogP contribution >= 0.6 is 0 Å². The second-order valence-electron chi connectivity index (χ2n) is 6.16. The zero-order valence-electron chi connectivity index (χ0n) is 14.3. The van der Waals surface area contributed by atoms with Crippen LogP contribution in [0.15, 0.2) is 36.4 Å². The summed E-state index contributed by atoms with van der Waals surface area (Å²) in [5.41, 5.74) is 2.03. The molecule has 0 spiro atoms. The molecule has 24 heavy (non-hydrogen) atoms. The van der Waals surface area contributed by atoms with Crippen LogP contribution in [0.25, 0.3) is 0 Å². The number of fused-ring (bicyclic) bond motifs is 1. The van der Waals surface area contributed by atoms with Gasteiger partial charge in [0.05, 0.1) is 5.69 Å². The molecule has 1 atom stereocenters. The van der Waals surface area contributed by atoms with Crippen LogP contribution in [0.4, 0.5) is 0 Å². The Morgan fingerprint density at radius 3 is 2.62 bits per heavy atom. The van der Waals surface area contributed by atoms with E-state index in [1.807, 2.05) is 41.8 Å². The highest BCUT2D eigenvalue weighted by Gasteiger charge is 2.34. The number of aromatic nitrogens is 1.